The molecule has 2 aliphatic heterocycles. The largest absolute Gasteiger partial charge is 0.454 e. The molecular formula is C22H19BrN2O4S. The molecule has 0 radical (unpaired) electrons. The van der Waals surface area contributed by atoms with Gasteiger partial charge in [0.1, 0.15) is 11.1 Å². The van der Waals surface area contributed by atoms with Gasteiger partial charge < -0.3 is 19.1 Å². The molecule has 0 saturated carbocycles. The van der Waals surface area contributed by atoms with Crippen LogP contribution < -0.4 is 9.47 Å². The van der Waals surface area contributed by atoms with E-state index in [1.54, 1.807) is 0 Å². The van der Waals surface area contributed by atoms with Gasteiger partial charge in [-0.05, 0) is 35.9 Å². The fraction of sp³-hybridized carbons (Fsp3) is 0.273. The normalized spacial score (nSPS) is 17.9. The van der Waals surface area contributed by atoms with E-state index in [1.165, 1.54) is 11.3 Å². The number of aromatic nitrogens is 1. The lowest BCUT2D eigenvalue weighted by molar-refractivity contribution is -0.138. The Balaban J connectivity index is 1.25. The van der Waals surface area contributed by atoms with Crippen LogP contribution in [0.4, 0.5) is 0 Å². The zero-order valence-electron chi connectivity index (χ0n) is 16.0. The second kappa shape index (κ2) is 8.37. The van der Waals surface area contributed by atoms with E-state index in [9.17, 15) is 4.79 Å². The second-order valence-electron chi connectivity index (χ2n) is 7.14. The molecule has 154 valence electrons. The van der Waals surface area contributed by atoms with Crippen molar-refractivity contribution in [1.29, 1.82) is 0 Å². The number of thiazole rings is 1. The van der Waals surface area contributed by atoms with Crippen LogP contribution in [0.5, 0.6) is 11.5 Å². The summed E-state index contributed by atoms with van der Waals surface area (Å²) in [6, 6.07) is 13.8. The van der Waals surface area contributed by atoms with Crippen molar-refractivity contribution in [2.45, 2.75) is 12.5 Å². The maximum absolute atomic E-state index is 12.9. The van der Waals surface area contributed by atoms with E-state index in [0.29, 0.717) is 19.7 Å². The van der Waals surface area contributed by atoms with Crippen LogP contribution >= 0.6 is 27.3 Å². The summed E-state index contributed by atoms with van der Waals surface area (Å²) in [6.07, 6.45) is 0.184. The van der Waals surface area contributed by atoms with Gasteiger partial charge in [-0.2, -0.15) is 0 Å². The highest BCUT2D eigenvalue weighted by molar-refractivity contribution is 9.10. The average molecular weight is 487 g/mol. The Hall–Kier alpha value is -2.42. The fourth-order valence-electron chi connectivity index (χ4n) is 3.57. The van der Waals surface area contributed by atoms with Gasteiger partial charge >= 0.3 is 0 Å². The highest BCUT2D eigenvalue weighted by Gasteiger charge is 2.26. The third kappa shape index (κ3) is 4.08. The molecule has 0 spiro atoms. The maximum Gasteiger partial charge on any atom is 0.231 e. The van der Waals surface area contributed by atoms with Crippen molar-refractivity contribution in [2.75, 3.05) is 26.5 Å². The van der Waals surface area contributed by atoms with E-state index >= 15 is 0 Å². The summed E-state index contributed by atoms with van der Waals surface area (Å²) >= 11 is 4.98. The van der Waals surface area contributed by atoms with Gasteiger partial charge in [0.2, 0.25) is 12.7 Å². The number of rotatable bonds is 4. The van der Waals surface area contributed by atoms with Crippen LogP contribution in [-0.4, -0.2) is 42.3 Å². The van der Waals surface area contributed by atoms with Crippen LogP contribution in [0.1, 0.15) is 17.4 Å². The van der Waals surface area contributed by atoms with Crippen molar-refractivity contribution in [3.8, 4) is 22.1 Å². The van der Waals surface area contributed by atoms with Crippen molar-refractivity contribution in [1.82, 2.24) is 9.88 Å². The van der Waals surface area contributed by atoms with Crippen LogP contribution in [0.15, 0.2) is 52.3 Å². The molecule has 2 aliphatic rings. The smallest absolute Gasteiger partial charge is 0.231 e. The first-order chi connectivity index (χ1) is 14.7. The number of ether oxygens (including phenoxy) is 3. The van der Waals surface area contributed by atoms with Gasteiger partial charge in [-0.1, -0.05) is 28.1 Å². The number of carbonyl (C=O) groups excluding carboxylic acids is 1. The Morgan fingerprint density at radius 3 is 2.87 bits per heavy atom. The number of fused-ring (bicyclic) bond motifs is 1. The molecule has 0 aliphatic carbocycles. The monoisotopic (exact) mass is 486 g/mol. The average Bonchev–Trinajstić information content (AvgIpc) is 3.43. The topological polar surface area (TPSA) is 60.9 Å². The van der Waals surface area contributed by atoms with E-state index in [4.69, 9.17) is 14.2 Å². The molecule has 1 aromatic heterocycles. The Labute approximate surface area is 186 Å². The van der Waals surface area contributed by atoms with Crippen LogP contribution in [0.3, 0.4) is 0 Å². The molecule has 1 unspecified atom stereocenters. The molecule has 5 rings (SSSR count). The molecule has 1 fully saturated rings. The Bertz CT molecular complexity index is 1070. The van der Waals surface area contributed by atoms with Crippen molar-refractivity contribution < 1.29 is 19.0 Å². The summed E-state index contributed by atoms with van der Waals surface area (Å²) < 4.78 is 17.7. The zero-order chi connectivity index (χ0) is 20.5. The predicted molar refractivity (Wildman–Crippen MR) is 117 cm³/mol. The summed E-state index contributed by atoms with van der Waals surface area (Å²) in [5.41, 5.74) is 2.82. The summed E-state index contributed by atoms with van der Waals surface area (Å²) in [4.78, 5) is 19.4. The molecule has 0 N–H and O–H groups in total. The lowest BCUT2D eigenvalue weighted by atomic mass is 10.1. The number of hydrogen-bond donors (Lipinski definition) is 0. The highest BCUT2D eigenvalue weighted by Crippen LogP contribution is 2.36. The fourth-order valence-corrected chi connectivity index (χ4v) is 4.65. The summed E-state index contributed by atoms with van der Waals surface area (Å²) in [6.45, 7) is 1.94. The van der Waals surface area contributed by atoms with Crippen molar-refractivity contribution >= 4 is 33.2 Å². The number of halogens is 1. The van der Waals surface area contributed by atoms with Crippen LogP contribution in [0, 0.1) is 0 Å². The molecule has 0 bridgehead atoms. The van der Waals surface area contributed by atoms with Crippen molar-refractivity contribution in [3.05, 3.63) is 63.6 Å². The Kier molecular flexibility index (Phi) is 5.45. The highest BCUT2D eigenvalue weighted by atomic mass is 79.9. The molecule has 1 atom stereocenters. The van der Waals surface area contributed by atoms with Crippen molar-refractivity contribution in [3.63, 3.8) is 0 Å². The minimum atomic E-state index is -0.101. The van der Waals surface area contributed by atoms with Crippen LogP contribution in [0.2, 0.25) is 0 Å². The van der Waals surface area contributed by atoms with Crippen LogP contribution in [-0.2, 0) is 16.0 Å². The van der Waals surface area contributed by atoms with E-state index in [2.05, 4.69) is 20.9 Å². The summed E-state index contributed by atoms with van der Waals surface area (Å²) in [5.74, 6) is 1.55. The van der Waals surface area contributed by atoms with Gasteiger partial charge in [-0.25, -0.2) is 4.98 Å². The molecule has 6 nitrogen and oxygen atoms in total. The first kappa shape index (κ1) is 19.5. The van der Waals surface area contributed by atoms with E-state index in [1.807, 2.05) is 52.7 Å². The predicted octanol–water partition coefficient (Wildman–Crippen LogP) is 4.44. The van der Waals surface area contributed by atoms with Gasteiger partial charge in [0.25, 0.3) is 0 Å². The minimum Gasteiger partial charge on any atom is -0.454 e. The first-order valence-corrected chi connectivity index (χ1v) is 11.3. The summed E-state index contributed by atoms with van der Waals surface area (Å²) in [7, 11) is 0. The van der Waals surface area contributed by atoms with Gasteiger partial charge in [0.15, 0.2) is 11.5 Å². The number of amides is 1. The number of morpholine rings is 1. The second-order valence-corrected chi connectivity index (χ2v) is 8.91. The Morgan fingerprint density at radius 1 is 1.17 bits per heavy atom. The standard InChI is InChI=1S/C22H19BrN2O4S/c23-16-4-1-14(2-5-16)20-11-25(7-8-27-20)21(26)10-17-12-30-22(24-17)15-3-6-18-19(9-15)29-13-28-18/h1-6,9,12,20H,7-8,10-11,13H2. The number of carbonyl (C=O) groups is 1. The SMILES string of the molecule is O=C(Cc1csc(-c2ccc3c(c2)OCO3)n1)N1CCOC(c2ccc(Br)cc2)C1. The molecule has 30 heavy (non-hydrogen) atoms. The van der Waals surface area contributed by atoms with Gasteiger partial charge in [0.05, 0.1) is 25.3 Å². The Morgan fingerprint density at radius 2 is 2.00 bits per heavy atom. The lowest BCUT2D eigenvalue weighted by Crippen LogP contribution is -2.43. The quantitative estimate of drug-likeness (QED) is 0.545. The molecule has 3 heterocycles. The minimum absolute atomic E-state index is 0.0722. The molecule has 2 aromatic carbocycles. The van der Waals surface area contributed by atoms with E-state index in [-0.39, 0.29) is 25.2 Å². The number of benzene rings is 2. The molecule has 1 amide bonds. The number of hydrogen-bond acceptors (Lipinski definition) is 6. The lowest BCUT2D eigenvalue weighted by Gasteiger charge is -2.33. The zero-order valence-corrected chi connectivity index (χ0v) is 18.4. The van der Waals surface area contributed by atoms with Gasteiger partial charge in [-0.3, -0.25) is 4.79 Å². The van der Waals surface area contributed by atoms with Gasteiger partial charge in [0, 0.05) is 22.0 Å². The van der Waals surface area contributed by atoms with E-state index in [0.717, 1.165) is 37.8 Å². The summed E-state index contributed by atoms with van der Waals surface area (Å²) in [5, 5.41) is 2.82. The molecule has 1 saturated heterocycles. The first-order valence-electron chi connectivity index (χ1n) is 9.65. The van der Waals surface area contributed by atoms with Crippen molar-refractivity contribution in [2.24, 2.45) is 0 Å². The number of nitrogens with zero attached hydrogens (tertiary/aromatic N) is 2. The third-order valence-electron chi connectivity index (χ3n) is 5.16. The maximum atomic E-state index is 12.9. The van der Waals surface area contributed by atoms with Gasteiger partial charge in [-0.15, -0.1) is 11.3 Å². The van der Waals surface area contributed by atoms with E-state index < -0.39 is 0 Å². The molecule has 8 heteroatoms. The molecule has 3 aromatic rings. The van der Waals surface area contributed by atoms with Crippen LogP contribution in [0.25, 0.3) is 10.6 Å². The third-order valence-corrected chi connectivity index (χ3v) is 6.63. The molecular weight excluding hydrogens is 468 g/mol.